The van der Waals surface area contributed by atoms with Gasteiger partial charge in [0.15, 0.2) is 0 Å². The van der Waals surface area contributed by atoms with Gasteiger partial charge in [-0.1, -0.05) is 0 Å². The lowest BCUT2D eigenvalue weighted by atomic mass is 10.3. The highest BCUT2D eigenvalue weighted by Gasteiger charge is 2.15. The highest BCUT2D eigenvalue weighted by molar-refractivity contribution is 5.74. The Bertz CT molecular complexity index is 223. The maximum absolute atomic E-state index is 11.2. The highest BCUT2D eigenvalue weighted by atomic mass is 16.2. The van der Waals surface area contributed by atoms with Crippen LogP contribution in [0.2, 0.25) is 0 Å². The number of urea groups is 1. The normalized spacial score (nSPS) is 16.3. The number of nitrogens with one attached hydrogen (secondary N) is 1. The number of carbonyl (C=O) groups excluding carboxylic acids is 2. The van der Waals surface area contributed by atoms with E-state index in [1.165, 1.54) is 6.08 Å². The van der Waals surface area contributed by atoms with Gasteiger partial charge in [-0.3, -0.25) is 0 Å². The quantitative estimate of drug-likeness (QED) is 0.382. The topological polar surface area (TPSA) is 61.8 Å². The van der Waals surface area contributed by atoms with Crippen LogP contribution in [0.3, 0.4) is 0 Å². The molecule has 0 radical (unpaired) electrons. The molecule has 1 N–H and O–H groups in total. The molecule has 0 aromatic heterocycles. The first-order valence-electron chi connectivity index (χ1n) is 4.41. The minimum absolute atomic E-state index is 0.0127. The van der Waals surface area contributed by atoms with Gasteiger partial charge < -0.3 is 10.2 Å². The summed E-state index contributed by atoms with van der Waals surface area (Å²) in [6, 6.07) is -0.0127. The lowest BCUT2D eigenvalue weighted by Gasteiger charge is -2.26. The zero-order valence-electron chi connectivity index (χ0n) is 7.45. The van der Waals surface area contributed by atoms with E-state index in [1.807, 2.05) is 0 Å². The molecule has 13 heavy (non-hydrogen) atoms. The number of carbonyl (C=O) groups is 1. The molecule has 1 heterocycles. The molecular formula is C8H13N3O2. The third-order valence-electron chi connectivity index (χ3n) is 1.93. The lowest BCUT2D eigenvalue weighted by molar-refractivity contribution is 0.186. The van der Waals surface area contributed by atoms with Gasteiger partial charge in [0.1, 0.15) is 0 Å². The van der Waals surface area contributed by atoms with Gasteiger partial charge in [-0.2, -0.15) is 0 Å². The zero-order valence-corrected chi connectivity index (χ0v) is 7.45. The maximum atomic E-state index is 11.2. The van der Waals surface area contributed by atoms with Gasteiger partial charge in [-0.25, -0.2) is 14.6 Å². The summed E-state index contributed by atoms with van der Waals surface area (Å²) in [5.41, 5.74) is 0. The minimum atomic E-state index is -0.0127. The van der Waals surface area contributed by atoms with Gasteiger partial charge in [0, 0.05) is 19.6 Å². The molecule has 5 nitrogen and oxygen atoms in total. The first-order chi connectivity index (χ1) is 6.34. The Morgan fingerprint density at radius 1 is 1.62 bits per heavy atom. The third kappa shape index (κ3) is 3.25. The molecule has 0 aliphatic carbocycles. The second-order valence-corrected chi connectivity index (χ2v) is 2.90. The molecule has 1 rings (SSSR count). The van der Waals surface area contributed by atoms with E-state index in [2.05, 4.69) is 10.3 Å². The molecular weight excluding hydrogens is 170 g/mol. The Balaban J connectivity index is 2.18. The summed E-state index contributed by atoms with van der Waals surface area (Å²) in [6.07, 6.45) is 3.19. The number of rotatable bonds is 4. The summed E-state index contributed by atoms with van der Waals surface area (Å²) in [5.74, 6) is 0. The maximum Gasteiger partial charge on any atom is 0.317 e. The summed E-state index contributed by atoms with van der Waals surface area (Å²) in [4.78, 5) is 26.1. The molecule has 1 fully saturated rings. The van der Waals surface area contributed by atoms with Crippen molar-refractivity contribution in [1.82, 2.24) is 10.2 Å². The fourth-order valence-corrected chi connectivity index (χ4v) is 1.28. The molecule has 1 aliphatic heterocycles. The number of hydrogen-bond donors (Lipinski definition) is 1. The van der Waals surface area contributed by atoms with Gasteiger partial charge in [0.05, 0.1) is 6.54 Å². The molecule has 0 bridgehead atoms. The van der Waals surface area contributed by atoms with E-state index < -0.39 is 0 Å². The molecule has 72 valence electrons. The monoisotopic (exact) mass is 183 g/mol. The molecule has 1 aliphatic rings. The van der Waals surface area contributed by atoms with Crippen LogP contribution in [0.1, 0.15) is 12.8 Å². The number of isocyanates is 1. The van der Waals surface area contributed by atoms with Crippen LogP contribution in [0.4, 0.5) is 4.79 Å². The molecule has 0 unspecified atom stereocenters. The highest BCUT2D eigenvalue weighted by Crippen LogP contribution is 1.99. The Morgan fingerprint density at radius 2 is 2.46 bits per heavy atom. The van der Waals surface area contributed by atoms with Crippen LogP contribution in [-0.2, 0) is 4.79 Å². The van der Waals surface area contributed by atoms with Crippen molar-refractivity contribution in [1.29, 1.82) is 0 Å². The Hall–Kier alpha value is -1.35. The third-order valence-corrected chi connectivity index (χ3v) is 1.93. The number of aliphatic imine (C=N–C) groups is 1. The van der Waals surface area contributed by atoms with Crippen LogP contribution in [0, 0.1) is 0 Å². The van der Waals surface area contributed by atoms with Gasteiger partial charge in [0.2, 0.25) is 6.08 Å². The zero-order chi connectivity index (χ0) is 9.52. The summed E-state index contributed by atoms with van der Waals surface area (Å²) < 4.78 is 0. The van der Waals surface area contributed by atoms with Crippen molar-refractivity contribution in [3.05, 3.63) is 0 Å². The summed E-state index contributed by atoms with van der Waals surface area (Å²) in [5, 5.41) is 2.75. The van der Waals surface area contributed by atoms with Crippen LogP contribution in [0.5, 0.6) is 0 Å². The number of nitrogens with zero attached hydrogens (tertiary/aromatic N) is 2. The smallest absolute Gasteiger partial charge is 0.317 e. The Morgan fingerprint density at radius 3 is 3.15 bits per heavy atom. The average molecular weight is 183 g/mol. The van der Waals surface area contributed by atoms with Gasteiger partial charge in [0.25, 0.3) is 0 Å². The van der Waals surface area contributed by atoms with Crippen LogP contribution < -0.4 is 5.32 Å². The Labute approximate surface area is 76.8 Å². The predicted octanol–water partition coefficient (Wildman–Crippen LogP) is 0.128. The van der Waals surface area contributed by atoms with E-state index in [9.17, 15) is 9.59 Å². The Kier molecular flexibility index (Phi) is 3.99. The average Bonchev–Trinajstić information content (AvgIpc) is 2.15. The van der Waals surface area contributed by atoms with E-state index >= 15 is 0 Å². The summed E-state index contributed by atoms with van der Waals surface area (Å²) >= 11 is 0. The molecule has 1 saturated heterocycles. The lowest BCUT2D eigenvalue weighted by Crippen LogP contribution is -2.46. The van der Waals surface area contributed by atoms with Crippen molar-refractivity contribution < 1.29 is 9.59 Å². The van der Waals surface area contributed by atoms with Crippen LogP contribution in [0.15, 0.2) is 4.99 Å². The van der Waals surface area contributed by atoms with Crippen molar-refractivity contribution in [3.63, 3.8) is 0 Å². The molecule has 0 spiro atoms. The van der Waals surface area contributed by atoms with E-state index in [0.29, 0.717) is 13.1 Å². The SMILES string of the molecule is O=C=NCCCN1CCCNC1=O. The van der Waals surface area contributed by atoms with Crippen molar-refractivity contribution in [2.24, 2.45) is 4.99 Å². The van der Waals surface area contributed by atoms with Crippen LogP contribution in [0.25, 0.3) is 0 Å². The molecule has 0 atom stereocenters. The molecule has 0 saturated carbocycles. The van der Waals surface area contributed by atoms with Crippen LogP contribution >= 0.6 is 0 Å². The van der Waals surface area contributed by atoms with E-state index in [1.54, 1.807) is 4.90 Å². The molecule has 5 heteroatoms. The fourth-order valence-electron chi connectivity index (χ4n) is 1.28. The second kappa shape index (κ2) is 5.32. The van der Waals surface area contributed by atoms with Crippen molar-refractivity contribution in [3.8, 4) is 0 Å². The van der Waals surface area contributed by atoms with Crippen molar-refractivity contribution in [2.75, 3.05) is 26.2 Å². The first kappa shape index (κ1) is 9.74. The van der Waals surface area contributed by atoms with E-state index in [-0.39, 0.29) is 6.03 Å². The molecule has 0 aromatic rings. The predicted molar refractivity (Wildman–Crippen MR) is 47.2 cm³/mol. The molecule has 2 amide bonds. The first-order valence-corrected chi connectivity index (χ1v) is 4.41. The van der Waals surface area contributed by atoms with Gasteiger partial charge in [-0.05, 0) is 12.8 Å². The minimum Gasteiger partial charge on any atom is -0.338 e. The number of hydrogen-bond acceptors (Lipinski definition) is 3. The van der Waals surface area contributed by atoms with Crippen molar-refractivity contribution >= 4 is 12.1 Å². The van der Waals surface area contributed by atoms with E-state index in [0.717, 1.165) is 25.9 Å². The standard InChI is InChI=1S/C8H13N3O2/c12-7-9-3-1-5-11-6-2-4-10-8(11)13/h1-6H2,(H,10,13). The summed E-state index contributed by atoms with van der Waals surface area (Å²) in [7, 11) is 0. The van der Waals surface area contributed by atoms with Crippen LogP contribution in [-0.4, -0.2) is 43.2 Å². The summed E-state index contributed by atoms with van der Waals surface area (Å²) in [6.45, 7) is 2.68. The van der Waals surface area contributed by atoms with Gasteiger partial charge in [-0.15, -0.1) is 0 Å². The van der Waals surface area contributed by atoms with Gasteiger partial charge >= 0.3 is 6.03 Å². The fraction of sp³-hybridized carbons (Fsp3) is 0.750. The number of amides is 2. The largest absolute Gasteiger partial charge is 0.338 e. The second-order valence-electron chi connectivity index (χ2n) is 2.90. The van der Waals surface area contributed by atoms with E-state index in [4.69, 9.17) is 0 Å². The molecule has 0 aromatic carbocycles. The van der Waals surface area contributed by atoms with Crippen molar-refractivity contribution in [2.45, 2.75) is 12.8 Å².